The average molecular weight is 340 g/mol. The van der Waals surface area contributed by atoms with E-state index in [0.717, 1.165) is 12.1 Å². The Hall–Kier alpha value is -3.35. The quantitative estimate of drug-likeness (QED) is 0.819. The molecule has 2 N–H and O–H groups in total. The third-order valence-electron chi connectivity index (χ3n) is 3.95. The van der Waals surface area contributed by atoms with Crippen LogP contribution in [0, 0.1) is 5.92 Å². The largest absolute Gasteiger partial charge is 0.872 e. The number of nitrogens with one attached hydrogen (secondary N) is 1. The van der Waals surface area contributed by atoms with Crippen LogP contribution in [0.1, 0.15) is 28.4 Å². The molecular weight excluding hydrogens is 326 g/mol. The van der Waals surface area contributed by atoms with Gasteiger partial charge in [-0.2, -0.15) is 0 Å². The summed E-state index contributed by atoms with van der Waals surface area (Å²) in [5, 5.41) is 23.0. The van der Waals surface area contributed by atoms with Gasteiger partial charge < -0.3 is 20.3 Å². The van der Waals surface area contributed by atoms with Crippen molar-refractivity contribution in [3.8, 4) is 5.75 Å². The number of hydrogen-bond donors (Lipinski definition) is 2. The second kappa shape index (κ2) is 6.64. The van der Waals surface area contributed by atoms with Gasteiger partial charge in [-0.05, 0) is 17.7 Å². The number of carbonyl (C=O) groups excluding carboxylic acids is 2. The highest BCUT2D eigenvalue weighted by molar-refractivity contribution is 5.98. The van der Waals surface area contributed by atoms with Gasteiger partial charge in [-0.1, -0.05) is 42.1 Å². The van der Waals surface area contributed by atoms with E-state index in [1.165, 1.54) is 6.07 Å². The fourth-order valence-electron chi connectivity index (χ4n) is 2.74. The van der Waals surface area contributed by atoms with Crippen molar-refractivity contribution in [2.24, 2.45) is 5.92 Å². The first-order chi connectivity index (χ1) is 12.0. The molecule has 7 heteroatoms. The molecule has 0 aromatic heterocycles. The molecule has 0 radical (unpaired) electrons. The number of esters is 1. The Morgan fingerprint density at radius 3 is 2.56 bits per heavy atom. The molecule has 2 aromatic rings. The fourth-order valence-corrected chi connectivity index (χ4v) is 2.74. The minimum atomic E-state index is -1.37. The van der Waals surface area contributed by atoms with Crippen molar-refractivity contribution < 1.29 is 29.3 Å². The zero-order valence-corrected chi connectivity index (χ0v) is 13.0. The summed E-state index contributed by atoms with van der Waals surface area (Å²) in [6, 6.07) is 12.4. The Balaban J connectivity index is 1.81. The highest BCUT2D eigenvalue weighted by Gasteiger charge is 2.40. The van der Waals surface area contributed by atoms with E-state index in [0.29, 0.717) is 5.56 Å². The number of carboxylic acid groups (broad SMARTS) is 1. The Morgan fingerprint density at radius 1 is 1.16 bits per heavy atom. The maximum absolute atomic E-state index is 12.5. The molecule has 2 aromatic carbocycles. The van der Waals surface area contributed by atoms with Gasteiger partial charge in [-0.3, -0.25) is 9.59 Å². The van der Waals surface area contributed by atoms with Gasteiger partial charge in [0.05, 0.1) is 17.9 Å². The standard InChI is InChI=1S/C18H15NO6/c20-14-7-6-11(8-12(14)18(23)24)19-17(22)13-9-15(21)25-16(13)10-4-2-1-3-5-10/h1-8,13,16,20H,9H2,(H,19,22)(H,23,24)/p-1/t13-,16-/m0/s1. The summed E-state index contributed by atoms with van der Waals surface area (Å²) in [7, 11) is 0. The maximum atomic E-state index is 12.5. The van der Waals surface area contributed by atoms with Gasteiger partial charge in [-0.25, -0.2) is 4.79 Å². The molecule has 128 valence electrons. The van der Waals surface area contributed by atoms with E-state index in [9.17, 15) is 19.5 Å². The number of amides is 1. The van der Waals surface area contributed by atoms with Crippen LogP contribution in [0.2, 0.25) is 0 Å². The Morgan fingerprint density at radius 2 is 1.88 bits per heavy atom. The van der Waals surface area contributed by atoms with Crippen molar-refractivity contribution in [3.05, 3.63) is 59.7 Å². The van der Waals surface area contributed by atoms with Gasteiger partial charge in [0.25, 0.3) is 0 Å². The monoisotopic (exact) mass is 340 g/mol. The third-order valence-corrected chi connectivity index (χ3v) is 3.95. The number of cyclic esters (lactones) is 1. The van der Waals surface area contributed by atoms with Gasteiger partial charge >= 0.3 is 11.9 Å². The lowest BCUT2D eigenvalue weighted by Crippen LogP contribution is -2.25. The van der Waals surface area contributed by atoms with E-state index in [4.69, 9.17) is 9.84 Å². The molecule has 1 heterocycles. The topological polar surface area (TPSA) is 116 Å². The van der Waals surface area contributed by atoms with E-state index in [1.54, 1.807) is 24.3 Å². The van der Waals surface area contributed by atoms with Crippen LogP contribution in [0.15, 0.2) is 48.5 Å². The molecule has 2 atom stereocenters. The van der Waals surface area contributed by atoms with Crippen molar-refractivity contribution >= 4 is 23.5 Å². The fraction of sp³-hybridized carbons (Fsp3) is 0.167. The molecule has 7 nitrogen and oxygen atoms in total. The Kier molecular flexibility index (Phi) is 4.38. The second-order valence-electron chi connectivity index (χ2n) is 5.64. The highest BCUT2D eigenvalue weighted by Crippen LogP contribution is 2.36. The van der Waals surface area contributed by atoms with Crippen molar-refractivity contribution in [1.82, 2.24) is 0 Å². The third kappa shape index (κ3) is 3.45. The van der Waals surface area contributed by atoms with Crippen molar-refractivity contribution in [3.63, 3.8) is 0 Å². The van der Waals surface area contributed by atoms with E-state index in [-0.39, 0.29) is 12.1 Å². The number of anilines is 1. The van der Waals surface area contributed by atoms with Crippen LogP contribution in [0.5, 0.6) is 5.75 Å². The van der Waals surface area contributed by atoms with Crippen LogP contribution < -0.4 is 10.4 Å². The molecule has 0 aliphatic carbocycles. The van der Waals surface area contributed by atoms with Gasteiger partial charge in [0, 0.05) is 5.69 Å². The first-order valence-corrected chi connectivity index (χ1v) is 7.55. The molecule has 0 saturated carbocycles. The summed E-state index contributed by atoms with van der Waals surface area (Å²) in [6.07, 6.45) is -0.775. The second-order valence-corrected chi connectivity index (χ2v) is 5.64. The molecule has 3 rings (SSSR count). The van der Waals surface area contributed by atoms with Crippen molar-refractivity contribution in [1.29, 1.82) is 0 Å². The SMILES string of the molecule is O=C1C[C@H](C(=O)Nc2ccc([O-])c(C(=O)O)c2)[C@H](c2ccccc2)O1. The van der Waals surface area contributed by atoms with E-state index >= 15 is 0 Å². The molecule has 0 spiro atoms. The number of aromatic carboxylic acids is 1. The first-order valence-electron chi connectivity index (χ1n) is 7.55. The van der Waals surface area contributed by atoms with Crippen LogP contribution >= 0.6 is 0 Å². The van der Waals surface area contributed by atoms with E-state index in [2.05, 4.69) is 5.32 Å². The first kappa shape index (κ1) is 16.5. The van der Waals surface area contributed by atoms with Crippen LogP contribution in [-0.4, -0.2) is 23.0 Å². The molecule has 0 unspecified atom stereocenters. The summed E-state index contributed by atoms with van der Waals surface area (Å²) >= 11 is 0. The summed E-state index contributed by atoms with van der Waals surface area (Å²) in [5.41, 5.74) is 0.443. The zero-order valence-electron chi connectivity index (χ0n) is 13.0. The summed E-state index contributed by atoms with van der Waals surface area (Å²) in [5.74, 6) is -3.71. The van der Waals surface area contributed by atoms with Crippen LogP contribution in [0.3, 0.4) is 0 Å². The number of carboxylic acids is 1. The number of ether oxygens (including phenoxy) is 1. The van der Waals surface area contributed by atoms with E-state index in [1.807, 2.05) is 6.07 Å². The van der Waals surface area contributed by atoms with E-state index < -0.39 is 41.2 Å². The lowest BCUT2D eigenvalue weighted by molar-refractivity contribution is -0.268. The van der Waals surface area contributed by atoms with Crippen LogP contribution in [0.4, 0.5) is 5.69 Å². The molecule has 1 aliphatic heterocycles. The van der Waals surface area contributed by atoms with Gasteiger partial charge in [0.2, 0.25) is 5.91 Å². The van der Waals surface area contributed by atoms with Crippen LogP contribution in [-0.2, 0) is 14.3 Å². The number of hydrogen-bond acceptors (Lipinski definition) is 5. The molecule has 1 aliphatic rings. The maximum Gasteiger partial charge on any atom is 0.335 e. The zero-order chi connectivity index (χ0) is 18.0. The smallest absolute Gasteiger partial charge is 0.335 e. The lowest BCUT2D eigenvalue weighted by atomic mass is 9.94. The number of carbonyl (C=O) groups is 3. The van der Waals surface area contributed by atoms with Gasteiger partial charge in [0.1, 0.15) is 6.10 Å². The Labute approximate surface area is 142 Å². The van der Waals surface area contributed by atoms with Gasteiger partial charge in [0.15, 0.2) is 0 Å². The predicted octanol–water partition coefficient (Wildman–Crippen LogP) is 1.70. The molecular formula is C18H14NO6-. The lowest BCUT2D eigenvalue weighted by Gasteiger charge is -2.18. The predicted molar refractivity (Wildman–Crippen MR) is 84.9 cm³/mol. The average Bonchev–Trinajstić information content (AvgIpc) is 2.99. The number of rotatable bonds is 4. The molecule has 25 heavy (non-hydrogen) atoms. The summed E-state index contributed by atoms with van der Waals surface area (Å²) in [6.45, 7) is 0. The molecule has 1 fully saturated rings. The molecule has 1 saturated heterocycles. The highest BCUT2D eigenvalue weighted by atomic mass is 16.6. The summed E-state index contributed by atoms with van der Waals surface area (Å²) in [4.78, 5) is 35.2. The molecule has 0 bridgehead atoms. The Bertz CT molecular complexity index is 833. The minimum absolute atomic E-state index is 0.0726. The van der Waals surface area contributed by atoms with Gasteiger partial charge in [-0.15, -0.1) is 0 Å². The normalized spacial score (nSPS) is 19.3. The number of benzene rings is 2. The molecule has 1 amide bonds. The van der Waals surface area contributed by atoms with Crippen molar-refractivity contribution in [2.45, 2.75) is 12.5 Å². The minimum Gasteiger partial charge on any atom is -0.872 e. The van der Waals surface area contributed by atoms with Crippen molar-refractivity contribution in [2.75, 3.05) is 5.32 Å². The van der Waals surface area contributed by atoms with Crippen LogP contribution in [0.25, 0.3) is 0 Å². The summed E-state index contributed by atoms with van der Waals surface area (Å²) < 4.78 is 5.26.